The predicted molar refractivity (Wildman–Crippen MR) is 171 cm³/mol. The number of benzene rings is 1. The number of amides is 2. The van der Waals surface area contributed by atoms with Crippen molar-refractivity contribution < 1.29 is 47.4 Å². The Bertz CT molecular complexity index is 1630. The molecule has 6 rings (SSSR count). The first-order valence-electron chi connectivity index (χ1n) is 13.9. The summed E-state index contributed by atoms with van der Waals surface area (Å²) < 4.78 is 25.2. The fourth-order valence-electron chi connectivity index (χ4n) is 4.94. The van der Waals surface area contributed by atoms with Crippen LogP contribution in [0.15, 0.2) is 47.3 Å². The average molecular weight is 662 g/mol. The number of nitrogens with one attached hydrogen (secondary N) is 1. The van der Waals surface area contributed by atoms with Gasteiger partial charge in [-0.25, -0.2) is 40.1 Å². The number of ether oxygens (including phenoxy) is 2. The smallest absolute Gasteiger partial charge is 0.869 e. The van der Waals surface area contributed by atoms with Gasteiger partial charge in [0.1, 0.15) is 29.1 Å². The Hall–Kier alpha value is -3.13. The van der Waals surface area contributed by atoms with Crippen molar-refractivity contribution in [2.45, 2.75) is 43.6 Å². The van der Waals surface area contributed by atoms with Crippen LogP contribution in [0, 0.1) is 32.2 Å². The van der Waals surface area contributed by atoms with Gasteiger partial charge in [0.25, 0.3) is 0 Å². The summed E-state index contributed by atoms with van der Waals surface area (Å²) in [5, 5.41) is 24.3. The second kappa shape index (κ2) is 14.3. The van der Waals surface area contributed by atoms with E-state index in [0.717, 1.165) is 0 Å². The average Bonchev–Trinajstić information content (AvgIpc) is 3.92. The second-order valence-corrected chi connectivity index (χ2v) is 12.1. The van der Waals surface area contributed by atoms with E-state index >= 15 is 0 Å². The van der Waals surface area contributed by atoms with E-state index in [1.54, 1.807) is 13.0 Å². The van der Waals surface area contributed by atoms with E-state index in [0.29, 0.717) is 24.0 Å². The summed E-state index contributed by atoms with van der Waals surface area (Å²) in [4.78, 5) is 30.3. The van der Waals surface area contributed by atoms with Gasteiger partial charge in [0.2, 0.25) is 11.8 Å². The molecule has 1 aliphatic heterocycles. The van der Waals surface area contributed by atoms with Crippen LogP contribution in [-0.2, 0) is 25.3 Å². The van der Waals surface area contributed by atoms with Gasteiger partial charge in [-0.15, -0.1) is 0 Å². The molecule has 0 radical (unpaired) electrons. The molecule has 0 saturated heterocycles. The molecule has 2 heterocycles. The third kappa shape index (κ3) is 7.22. The van der Waals surface area contributed by atoms with E-state index in [-0.39, 0.29) is 95.2 Å². The number of aliphatic hydroxyl groups is 1. The molecule has 46 heavy (non-hydrogen) atoms. The summed E-state index contributed by atoms with van der Waals surface area (Å²) in [5.41, 5.74) is 3.55. The zero-order chi connectivity index (χ0) is 32.0. The normalized spacial score (nSPS) is 20.6. The van der Waals surface area contributed by atoms with Crippen molar-refractivity contribution in [3.05, 3.63) is 100 Å². The largest absolute Gasteiger partial charge is 1.00 e. The Morgan fingerprint density at radius 1 is 1.28 bits per heavy atom. The summed E-state index contributed by atoms with van der Waals surface area (Å²) >= 11 is 12.1. The molecule has 1 aromatic carbocycles. The van der Waals surface area contributed by atoms with Crippen LogP contribution >= 0.6 is 23.2 Å². The molecule has 4 N–H and O–H groups in total. The number of halogens is 3. The van der Waals surface area contributed by atoms with E-state index < -0.39 is 28.6 Å². The number of aromatic nitrogens is 1. The van der Waals surface area contributed by atoms with Crippen molar-refractivity contribution >= 4 is 40.7 Å². The van der Waals surface area contributed by atoms with Gasteiger partial charge in [0.05, 0.1) is 29.4 Å². The first-order chi connectivity index (χ1) is 20.8. The molecule has 2 aromatic rings. The van der Waals surface area contributed by atoms with Gasteiger partial charge in [-0.3, -0.25) is 9.59 Å². The number of hydrogen-bond donors (Lipinski definition) is 3. The third-order valence-electron chi connectivity index (χ3n) is 7.96. The van der Waals surface area contributed by atoms with Gasteiger partial charge in [-0.2, -0.15) is 6.08 Å². The number of rotatable bonds is 8. The minimum absolute atomic E-state index is 0. The van der Waals surface area contributed by atoms with E-state index in [9.17, 15) is 24.5 Å². The van der Waals surface area contributed by atoms with Gasteiger partial charge in [0, 0.05) is 16.9 Å². The molecule has 1 aromatic heterocycles. The van der Waals surface area contributed by atoms with E-state index in [4.69, 9.17) is 50.0 Å². The summed E-state index contributed by atoms with van der Waals surface area (Å²) in [7, 11) is 1.32. The van der Waals surface area contributed by atoms with Gasteiger partial charge < -0.3 is 44.9 Å². The first kappa shape index (κ1) is 37.3. The molecular formula is C33H33Cl2FLiN4O5-3. The third-order valence-corrected chi connectivity index (χ3v) is 8.51. The number of pyridine rings is 1. The fourth-order valence-corrected chi connectivity index (χ4v) is 5.42. The fraction of sp³-hybridized carbons (Fsp3) is 0.333. The zero-order valence-corrected chi connectivity index (χ0v) is 27.6. The van der Waals surface area contributed by atoms with E-state index in [1.807, 2.05) is 0 Å². The number of carbonyl (C=O) groups excluding carboxylic acids is 2. The van der Waals surface area contributed by atoms with Gasteiger partial charge in [-0.1, -0.05) is 23.2 Å². The second-order valence-electron chi connectivity index (χ2n) is 11.3. The van der Waals surface area contributed by atoms with Crippen molar-refractivity contribution in [2.75, 3.05) is 20.3 Å². The SMILES string of the molecule is [CH-]1CC1.[CH-]=C1C=C(C(=O)NC[C@](O)(c2cc3c(c(-c4cc(Cl)c(F)c(Cl)c4)n2)OC[C@]3(C)C(N)=O)C2CC2)C=C(OC)C1=[N-].[CH3-].[Li+]. The molecule has 4 aliphatic rings. The van der Waals surface area contributed by atoms with Gasteiger partial charge >= 0.3 is 18.9 Å². The molecule has 240 valence electrons. The Kier molecular flexibility index (Phi) is 11.6. The number of primary amides is 1. The Labute approximate surface area is 290 Å². The molecule has 9 nitrogen and oxygen atoms in total. The zero-order valence-electron chi connectivity index (χ0n) is 26.0. The minimum Gasteiger partial charge on any atom is -0.869 e. The van der Waals surface area contributed by atoms with Crippen LogP contribution in [0.1, 0.15) is 43.9 Å². The number of allylic oxidation sites excluding steroid dienone is 2. The maximum Gasteiger partial charge on any atom is 1.00 e. The molecule has 2 fully saturated rings. The van der Waals surface area contributed by atoms with Crippen LogP contribution in [0.4, 0.5) is 4.39 Å². The topological polar surface area (TPSA) is 146 Å². The molecule has 2 saturated carbocycles. The first-order valence-corrected chi connectivity index (χ1v) is 14.7. The minimum atomic E-state index is -1.68. The summed E-state index contributed by atoms with van der Waals surface area (Å²) in [6.45, 7) is 7.08. The van der Waals surface area contributed by atoms with Gasteiger partial charge in [-0.05, 0) is 55.5 Å². The van der Waals surface area contributed by atoms with Crippen LogP contribution in [0.3, 0.4) is 0 Å². The molecule has 2 atom stereocenters. The van der Waals surface area contributed by atoms with Crippen molar-refractivity contribution in [3.8, 4) is 17.0 Å². The van der Waals surface area contributed by atoms with Crippen molar-refractivity contribution in [2.24, 2.45) is 11.7 Å². The van der Waals surface area contributed by atoms with Crippen LogP contribution in [0.25, 0.3) is 16.7 Å². The summed E-state index contributed by atoms with van der Waals surface area (Å²) in [6, 6.07) is 4.19. The molecule has 0 bridgehead atoms. The molecule has 0 unspecified atom stereocenters. The van der Waals surface area contributed by atoms with Crippen LogP contribution in [0.2, 0.25) is 10.0 Å². The molecule has 13 heteroatoms. The van der Waals surface area contributed by atoms with Crippen molar-refractivity contribution in [1.82, 2.24) is 10.3 Å². The predicted octanol–water partition coefficient (Wildman–Crippen LogP) is 2.32. The molecule has 2 amide bonds. The van der Waals surface area contributed by atoms with Crippen LogP contribution in [-0.4, -0.2) is 47.9 Å². The number of methoxy groups -OCH3 is 1. The number of carbonyl (C=O) groups is 2. The van der Waals surface area contributed by atoms with Gasteiger partial charge in [0.15, 0.2) is 5.82 Å². The van der Waals surface area contributed by atoms with Crippen molar-refractivity contribution in [3.63, 3.8) is 0 Å². The molecular weight excluding hydrogens is 629 g/mol. The van der Waals surface area contributed by atoms with Crippen molar-refractivity contribution in [1.29, 1.82) is 0 Å². The Morgan fingerprint density at radius 2 is 1.89 bits per heavy atom. The summed E-state index contributed by atoms with van der Waals surface area (Å²) in [5.74, 6) is -2.09. The maximum atomic E-state index is 14.2. The standard InChI is InChI=1S/C29H25Cl2FN4O5.C3H5.CH3.Li/c1-13-6-15(9-20(40-3)23(13)33)26(37)35-11-29(39,16-4-5-16)21-10-17-25(41-12-28(17,2)27(34)38)24(36-21)14-7-18(30)22(32)19(31)8-14;1-2-3-1;;/h1,6-10,16,39H,4-5,11-12H2,2-3H3,(H2,34,38)(H,35,37);1H,2-3H2;1H3;/q-2;2*-1;+1/t28-,29+;;;/m0.../s1. The van der Waals surface area contributed by atoms with E-state index in [2.05, 4.69) is 11.7 Å². The maximum absolute atomic E-state index is 14.2. The number of nitrogens with zero attached hydrogens (tertiary/aromatic N) is 2. The number of nitrogens with two attached hydrogens (primary N) is 1. The quantitative estimate of drug-likeness (QED) is 0.225. The van der Waals surface area contributed by atoms with E-state index in [1.165, 1.54) is 44.2 Å². The monoisotopic (exact) mass is 661 g/mol. The molecule has 0 spiro atoms. The summed E-state index contributed by atoms with van der Waals surface area (Å²) in [6.07, 6.45) is 8.91. The number of hydrogen-bond acceptors (Lipinski definition) is 6. The number of fused-ring (bicyclic) bond motifs is 1. The van der Waals surface area contributed by atoms with Crippen LogP contribution in [0.5, 0.6) is 5.75 Å². The molecule has 3 aliphatic carbocycles. The Morgan fingerprint density at radius 3 is 2.41 bits per heavy atom. The van der Waals surface area contributed by atoms with Crippen LogP contribution < -0.4 is 34.6 Å². The Balaban J connectivity index is 0.00000109.